The van der Waals surface area contributed by atoms with Crippen molar-refractivity contribution in [3.8, 4) is 5.75 Å². The number of pyridine rings is 1. The lowest BCUT2D eigenvalue weighted by atomic mass is 10.2. The molecule has 0 unspecified atom stereocenters. The molecular weight excluding hydrogens is 370 g/mol. The van der Waals surface area contributed by atoms with Gasteiger partial charge in [0.2, 0.25) is 0 Å². The molecule has 0 saturated carbocycles. The topological polar surface area (TPSA) is 55.6 Å². The molecule has 0 spiro atoms. The molecule has 0 atom stereocenters. The Morgan fingerprint density at radius 2 is 2.17 bits per heavy atom. The van der Waals surface area contributed by atoms with E-state index in [0.717, 1.165) is 21.4 Å². The van der Waals surface area contributed by atoms with Gasteiger partial charge >= 0.3 is 0 Å². The molecule has 0 saturated heterocycles. The van der Waals surface area contributed by atoms with Crippen molar-refractivity contribution in [2.45, 2.75) is 20.3 Å². The lowest BCUT2D eigenvalue weighted by molar-refractivity contribution is 0.102. The van der Waals surface area contributed by atoms with Crippen LogP contribution >= 0.6 is 15.9 Å². The second-order valence-electron chi connectivity index (χ2n) is 5.44. The van der Waals surface area contributed by atoms with Crippen molar-refractivity contribution < 1.29 is 9.53 Å². The highest BCUT2D eigenvalue weighted by Gasteiger charge is 2.20. The maximum Gasteiger partial charge on any atom is 0.274 e. The van der Waals surface area contributed by atoms with E-state index in [-0.39, 0.29) is 5.91 Å². The van der Waals surface area contributed by atoms with E-state index in [2.05, 4.69) is 26.2 Å². The zero-order chi connectivity index (χ0) is 17.3. The number of halogens is 1. The number of aromatic nitrogens is 2. The van der Waals surface area contributed by atoms with Crippen LogP contribution in [0.1, 0.15) is 28.7 Å². The average Bonchev–Trinajstić information content (AvgIpc) is 2.96. The fraction of sp³-hybridized carbons (Fsp3) is 0.222. The molecule has 1 aromatic carbocycles. The number of benzene rings is 1. The van der Waals surface area contributed by atoms with Gasteiger partial charge in [-0.15, -0.1) is 0 Å². The zero-order valence-electron chi connectivity index (χ0n) is 13.8. The lowest BCUT2D eigenvalue weighted by Crippen LogP contribution is -2.17. The van der Waals surface area contributed by atoms with Gasteiger partial charge in [-0.05, 0) is 49.2 Å². The van der Waals surface area contributed by atoms with Crippen LogP contribution in [0.5, 0.6) is 5.75 Å². The SMILES string of the molecule is CCc1nc2c(OC)cccn2c1C(=O)Nc1ccc(Br)cc1C. The third-order valence-corrected chi connectivity index (χ3v) is 4.39. The van der Waals surface area contributed by atoms with Crippen LogP contribution in [0, 0.1) is 6.92 Å². The van der Waals surface area contributed by atoms with Gasteiger partial charge in [0, 0.05) is 16.4 Å². The van der Waals surface area contributed by atoms with Crippen LogP contribution in [-0.2, 0) is 6.42 Å². The minimum atomic E-state index is -0.182. The van der Waals surface area contributed by atoms with E-state index in [1.165, 1.54) is 0 Å². The third kappa shape index (κ3) is 2.89. The molecule has 5 nitrogen and oxygen atoms in total. The number of fused-ring (bicyclic) bond motifs is 1. The number of imidazole rings is 1. The van der Waals surface area contributed by atoms with Gasteiger partial charge in [0.1, 0.15) is 5.69 Å². The Morgan fingerprint density at radius 3 is 2.83 bits per heavy atom. The van der Waals surface area contributed by atoms with E-state index in [1.807, 2.05) is 50.4 Å². The Balaban J connectivity index is 2.06. The van der Waals surface area contributed by atoms with Crippen LogP contribution in [0.3, 0.4) is 0 Å². The Labute approximate surface area is 148 Å². The summed E-state index contributed by atoms with van der Waals surface area (Å²) in [6, 6.07) is 9.43. The Hall–Kier alpha value is -2.34. The van der Waals surface area contributed by atoms with Crippen molar-refractivity contribution in [2.75, 3.05) is 12.4 Å². The Bertz CT molecular complexity index is 918. The summed E-state index contributed by atoms with van der Waals surface area (Å²) in [4.78, 5) is 17.5. The van der Waals surface area contributed by atoms with Crippen LogP contribution in [0.4, 0.5) is 5.69 Å². The Morgan fingerprint density at radius 1 is 1.38 bits per heavy atom. The predicted octanol–water partition coefficient (Wildman–Crippen LogP) is 4.23. The number of carbonyl (C=O) groups excluding carboxylic acids is 1. The summed E-state index contributed by atoms with van der Waals surface area (Å²) in [5, 5.41) is 2.98. The van der Waals surface area contributed by atoms with Crippen LogP contribution in [-0.4, -0.2) is 22.4 Å². The van der Waals surface area contributed by atoms with Gasteiger partial charge in [0.25, 0.3) is 5.91 Å². The first kappa shape index (κ1) is 16.5. The number of nitrogens with zero attached hydrogens (tertiary/aromatic N) is 2. The van der Waals surface area contributed by atoms with Crippen molar-refractivity contribution in [3.63, 3.8) is 0 Å². The number of amides is 1. The van der Waals surface area contributed by atoms with Crippen molar-refractivity contribution >= 4 is 33.2 Å². The summed E-state index contributed by atoms with van der Waals surface area (Å²) in [5.74, 6) is 0.462. The molecule has 1 amide bonds. The largest absolute Gasteiger partial charge is 0.493 e. The van der Waals surface area contributed by atoms with Crippen LogP contribution < -0.4 is 10.1 Å². The molecule has 0 aliphatic heterocycles. The fourth-order valence-corrected chi connectivity index (χ4v) is 3.16. The maximum atomic E-state index is 12.9. The quantitative estimate of drug-likeness (QED) is 0.728. The molecule has 3 aromatic rings. The molecule has 0 aliphatic rings. The maximum absolute atomic E-state index is 12.9. The summed E-state index contributed by atoms with van der Waals surface area (Å²) in [6.45, 7) is 3.94. The summed E-state index contributed by atoms with van der Waals surface area (Å²) in [6.07, 6.45) is 2.49. The zero-order valence-corrected chi connectivity index (χ0v) is 15.3. The molecule has 1 N–H and O–H groups in total. The van der Waals surface area contributed by atoms with E-state index in [9.17, 15) is 4.79 Å². The number of aryl methyl sites for hydroxylation is 2. The number of methoxy groups -OCH3 is 1. The first-order valence-corrected chi connectivity index (χ1v) is 8.46. The molecule has 0 bridgehead atoms. The number of hydrogen-bond acceptors (Lipinski definition) is 3. The van der Waals surface area contributed by atoms with E-state index >= 15 is 0 Å². The second-order valence-corrected chi connectivity index (χ2v) is 6.36. The molecule has 3 rings (SSSR count). The van der Waals surface area contributed by atoms with E-state index < -0.39 is 0 Å². The molecule has 2 aromatic heterocycles. The number of anilines is 1. The minimum absolute atomic E-state index is 0.182. The molecule has 124 valence electrons. The lowest BCUT2D eigenvalue weighted by Gasteiger charge is -2.10. The van der Waals surface area contributed by atoms with Gasteiger partial charge in [0.05, 0.1) is 12.8 Å². The summed E-state index contributed by atoms with van der Waals surface area (Å²) in [7, 11) is 1.60. The first-order chi connectivity index (χ1) is 11.5. The minimum Gasteiger partial charge on any atom is -0.493 e. The third-order valence-electron chi connectivity index (χ3n) is 3.89. The monoisotopic (exact) mass is 387 g/mol. The first-order valence-electron chi connectivity index (χ1n) is 7.66. The molecule has 24 heavy (non-hydrogen) atoms. The van der Waals surface area contributed by atoms with Gasteiger partial charge in [-0.2, -0.15) is 0 Å². The normalized spacial score (nSPS) is 10.8. The number of rotatable bonds is 4. The highest BCUT2D eigenvalue weighted by molar-refractivity contribution is 9.10. The number of hydrogen-bond donors (Lipinski definition) is 1. The highest BCUT2D eigenvalue weighted by Crippen LogP contribution is 2.24. The van der Waals surface area contributed by atoms with Crippen molar-refractivity contribution in [3.05, 3.63) is 58.0 Å². The number of nitrogens with one attached hydrogen (secondary N) is 1. The van der Waals surface area contributed by atoms with Crippen LogP contribution in [0.25, 0.3) is 5.65 Å². The molecule has 6 heteroatoms. The van der Waals surface area contributed by atoms with E-state index in [1.54, 1.807) is 11.5 Å². The summed E-state index contributed by atoms with van der Waals surface area (Å²) in [5.41, 5.74) is 3.69. The average molecular weight is 388 g/mol. The van der Waals surface area contributed by atoms with Gasteiger partial charge in [-0.1, -0.05) is 22.9 Å². The molecule has 2 heterocycles. The van der Waals surface area contributed by atoms with Crippen LogP contribution in [0.15, 0.2) is 41.0 Å². The number of carbonyl (C=O) groups is 1. The molecule has 0 radical (unpaired) electrons. The smallest absolute Gasteiger partial charge is 0.274 e. The van der Waals surface area contributed by atoms with Crippen LogP contribution in [0.2, 0.25) is 0 Å². The van der Waals surface area contributed by atoms with E-state index in [4.69, 9.17) is 4.74 Å². The van der Waals surface area contributed by atoms with E-state index in [0.29, 0.717) is 23.5 Å². The fourth-order valence-electron chi connectivity index (χ4n) is 2.68. The van der Waals surface area contributed by atoms with Gasteiger partial charge in [-0.3, -0.25) is 9.20 Å². The highest BCUT2D eigenvalue weighted by atomic mass is 79.9. The van der Waals surface area contributed by atoms with Gasteiger partial charge in [0.15, 0.2) is 11.4 Å². The predicted molar refractivity (Wildman–Crippen MR) is 98.0 cm³/mol. The standard InChI is InChI=1S/C18H18BrN3O2/c1-4-13-16(22-9-5-6-15(24-3)17(22)20-13)18(23)21-14-8-7-12(19)10-11(14)2/h5-10H,4H2,1-3H3,(H,21,23). The molecule has 0 aliphatic carbocycles. The Kier molecular flexibility index (Phi) is 4.57. The molecule has 0 fully saturated rings. The van der Waals surface area contributed by atoms with Crippen molar-refractivity contribution in [2.24, 2.45) is 0 Å². The summed E-state index contributed by atoms with van der Waals surface area (Å²) >= 11 is 3.43. The van der Waals surface area contributed by atoms with Gasteiger partial charge in [-0.25, -0.2) is 4.98 Å². The number of ether oxygens (including phenoxy) is 1. The van der Waals surface area contributed by atoms with Crippen molar-refractivity contribution in [1.29, 1.82) is 0 Å². The van der Waals surface area contributed by atoms with Gasteiger partial charge < -0.3 is 10.1 Å². The van der Waals surface area contributed by atoms with Crippen molar-refractivity contribution in [1.82, 2.24) is 9.38 Å². The second kappa shape index (κ2) is 6.65. The summed E-state index contributed by atoms with van der Waals surface area (Å²) < 4.78 is 8.11. The molecular formula is C18H18BrN3O2.